The summed E-state index contributed by atoms with van der Waals surface area (Å²) < 4.78 is 5.39. The number of ether oxygens (including phenoxy) is 1. The molecular formula is C11H23NO2. The summed E-state index contributed by atoms with van der Waals surface area (Å²) in [6.07, 6.45) is 4.71. The van der Waals surface area contributed by atoms with E-state index in [-0.39, 0.29) is 0 Å². The van der Waals surface area contributed by atoms with Crippen LogP contribution < -0.4 is 5.32 Å². The van der Waals surface area contributed by atoms with Crippen LogP contribution in [0.1, 0.15) is 32.6 Å². The molecule has 0 saturated heterocycles. The molecule has 1 fully saturated rings. The molecule has 0 radical (unpaired) electrons. The average Bonchev–Trinajstić information content (AvgIpc) is 2.65. The molecule has 84 valence electrons. The number of rotatable bonds is 7. The first-order valence-electron chi connectivity index (χ1n) is 5.80. The summed E-state index contributed by atoms with van der Waals surface area (Å²) in [7, 11) is 0. The minimum absolute atomic E-state index is 0.327. The molecule has 0 bridgehead atoms. The van der Waals surface area contributed by atoms with Crippen LogP contribution >= 0.6 is 0 Å². The highest BCUT2D eigenvalue weighted by atomic mass is 16.5. The predicted molar refractivity (Wildman–Crippen MR) is 57.3 cm³/mol. The average molecular weight is 201 g/mol. The molecule has 0 aromatic heterocycles. The first kappa shape index (κ1) is 12.0. The Balaban J connectivity index is 2.00. The Morgan fingerprint density at radius 1 is 1.36 bits per heavy atom. The van der Waals surface area contributed by atoms with Gasteiger partial charge in [-0.15, -0.1) is 0 Å². The Hall–Kier alpha value is -0.120. The van der Waals surface area contributed by atoms with Crippen molar-refractivity contribution in [3.63, 3.8) is 0 Å². The fraction of sp³-hybridized carbons (Fsp3) is 1.00. The Bertz CT molecular complexity index is 141. The maximum Gasteiger partial charge on any atom is 0.0590 e. The minimum Gasteiger partial charge on any atom is -0.396 e. The molecule has 1 aliphatic rings. The Morgan fingerprint density at radius 3 is 2.93 bits per heavy atom. The lowest BCUT2D eigenvalue weighted by Gasteiger charge is -2.18. The third kappa shape index (κ3) is 3.95. The van der Waals surface area contributed by atoms with Crippen molar-refractivity contribution in [1.82, 2.24) is 5.32 Å². The van der Waals surface area contributed by atoms with Crippen molar-refractivity contribution in [2.75, 3.05) is 26.4 Å². The Labute approximate surface area is 86.8 Å². The van der Waals surface area contributed by atoms with Crippen LogP contribution in [-0.4, -0.2) is 37.5 Å². The lowest BCUT2D eigenvalue weighted by molar-refractivity contribution is 0.129. The van der Waals surface area contributed by atoms with Gasteiger partial charge in [0, 0.05) is 25.8 Å². The second-order valence-corrected chi connectivity index (χ2v) is 4.05. The topological polar surface area (TPSA) is 41.5 Å². The highest BCUT2D eigenvalue weighted by Gasteiger charge is 2.25. The van der Waals surface area contributed by atoms with Crippen LogP contribution in [0.2, 0.25) is 0 Å². The summed E-state index contributed by atoms with van der Waals surface area (Å²) >= 11 is 0. The summed E-state index contributed by atoms with van der Waals surface area (Å²) in [6.45, 7) is 5.01. The quantitative estimate of drug-likeness (QED) is 0.607. The number of hydrogen-bond acceptors (Lipinski definition) is 3. The molecule has 0 spiro atoms. The van der Waals surface area contributed by atoms with E-state index < -0.39 is 0 Å². The molecule has 3 heteroatoms. The highest BCUT2D eigenvalue weighted by Crippen LogP contribution is 2.24. The lowest BCUT2D eigenvalue weighted by atomic mass is 10.1. The molecule has 0 aromatic carbocycles. The zero-order valence-electron chi connectivity index (χ0n) is 9.17. The molecule has 0 aromatic rings. The standard InChI is InChI=1S/C11H23NO2/c1-2-7-14-8-6-12-11-5-3-4-10(11)9-13/h10-13H,2-9H2,1H3. The summed E-state index contributed by atoms with van der Waals surface area (Å²) in [5.74, 6) is 0.473. The molecule has 0 heterocycles. The van der Waals surface area contributed by atoms with Crippen LogP contribution in [0.5, 0.6) is 0 Å². The highest BCUT2D eigenvalue weighted by molar-refractivity contribution is 4.82. The van der Waals surface area contributed by atoms with Gasteiger partial charge in [-0.05, 0) is 25.2 Å². The van der Waals surface area contributed by atoms with Gasteiger partial charge < -0.3 is 15.2 Å². The maximum absolute atomic E-state index is 9.11. The zero-order valence-corrected chi connectivity index (χ0v) is 9.17. The first-order valence-corrected chi connectivity index (χ1v) is 5.80. The van der Waals surface area contributed by atoms with Crippen molar-refractivity contribution >= 4 is 0 Å². The van der Waals surface area contributed by atoms with Crippen LogP contribution in [0, 0.1) is 5.92 Å². The van der Waals surface area contributed by atoms with E-state index in [9.17, 15) is 0 Å². The van der Waals surface area contributed by atoms with Crippen molar-refractivity contribution in [2.24, 2.45) is 5.92 Å². The van der Waals surface area contributed by atoms with Crippen LogP contribution in [0.15, 0.2) is 0 Å². The van der Waals surface area contributed by atoms with E-state index in [2.05, 4.69) is 12.2 Å². The SMILES string of the molecule is CCCOCCNC1CCCC1CO. The van der Waals surface area contributed by atoms with E-state index in [0.29, 0.717) is 18.6 Å². The molecule has 2 unspecified atom stereocenters. The van der Waals surface area contributed by atoms with Gasteiger partial charge in [0.2, 0.25) is 0 Å². The molecule has 2 atom stereocenters. The van der Waals surface area contributed by atoms with E-state index in [1.807, 2.05) is 0 Å². The van der Waals surface area contributed by atoms with Crippen molar-refractivity contribution in [3.05, 3.63) is 0 Å². The van der Waals surface area contributed by atoms with Crippen molar-refractivity contribution in [2.45, 2.75) is 38.6 Å². The number of aliphatic hydroxyl groups is 1. The third-order valence-corrected chi connectivity index (χ3v) is 2.89. The largest absolute Gasteiger partial charge is 0.396 e. The Kier molecular flexibility index (Phi) is 6.15. The van der Waals surface area contributed by atoms with Crippen molar-refractivity contribution in [3.8, 4) is 0 Å². The lowest BCUT2D eigenvalue weighted by Crippen LogP contribution is -2.36. The Morgan fingerprint density at radius 2 is 2.21 bits per heavy atom. The fourth-order valence-electron chi connectivity index (χ4n) is 2.09. The summed E-state index contributed by atoms with van der Waals surface area (Å²) in [5.41, 5.74) is 0. The second-order valence-electron chi connectivity index (χ2n) is 4.05. The fourth-order valence-corrected chi connectivity index (χ4v) is 2.09. The van der Waals surface area contributed by atoms with Gasteiger partial charge in [0.15, 0.2) is 0 Å². The summed E-state index contributed by atoms with van der Waals surface area (Å²) in [6, 6.07) is 0.519. The monoisotopic (exact) mass is 201 g/mol. The van der Waals surface area contributed by atoms with E-state index in [0.717, 1.165) is 26.2 Å². The molecule has 0 amide bonds. The van der Waals surface area contributed by atoms with Gasteiger partial charge in [-0.3, -0.25) is 0 Å². The van der Waals surface area contributed by atoms with Crippen molar-refractivity contribution < 1.29 is 9.84 Å². The summed E-state index contributed by atoms with van der Waals surface area (Å²) in [4.78, 5) is 0. The molecule has 1 rings (SSSR count). The summed E-state index contributed by atoms with van der Waals surface area (Å²) in [5, 5.41) is 12.6. The third-order valence-electron chi connectivity index (χ3n) is 2.89. The molecule has 14 heavy (non-hydrogen) atoms. The van der Waals surface area contributed by atoms with Gasteiger partial charge in [-0.2, -0.15) is 0 Å². The van der Waals surface area contributed by atoms with E-state index >= 15 is 0 Å². The number of nitrogens with one attached hydrogen (secondary N) is 1. The molecule has 2 N–H and O–H groups in total. The normalized spacial score (nSPS) is 27.0. The molecule has 0 aliphatic heterocycles. The van der Waals surface area contributed by atoms with E-state index in [1.165, 1.54) is 19.3 Å². The van der Waals surface area contributed by atoms with Crippen LogP contribution in [0.3, 0.4) is 0 Å². The van der Waals surface area contributed by atoms with Crippen LogP contribution in [-0.2, 0) is 4.74 Å². The maximum atomic E-state index is 9.11. The van der Waals surface area contributed by atoms with Gasteiger partial charge in [0.1, 0.15) is 0 Å². The van der Waals surface area contributed by atoms with Gasteiger partial charge in [0.05, 0.1) is 6.61 Å². The van der Waals surface area contributed by atoms with Crippen LogP contribution in [0.4, 0.5) is 0 Å². The zero-order chi connectivity index (χ0) is 10.2. The minimum atomic E-state index is 0.327. The van der Waals surface area contributed by atoms with Gasteiger partial charge in [-0.25, -0.2) is 0 Å². The second kappa shape index (κ2) is 7.21. The van der Waals surface area contributed by atoms with E-state index in [4.69, 9.17) is 9.84 Å². The number of aliphatic hydroxyl groups excluding tert-OH is 1. The number of hydrogen-bond donors (Lipinski definition) is 2. The van der Waals surface area contributed by atoms with E-state index in [1.54, 1.807) is 0 Å². The first-order chi connectivity index (χ1) is 6.88. The van der Waals surface area contributed by atoms with Gasteiger partial charge >= 0.3 is 0 Å². The molecule has 1 aliphatic carbocycles. The molecule has 3 nitrogen and oxygen atoms in total. The van der Waals surface area contributed by atoms with Gasteiger partial charge in [0.25, 0.3) is 0 Å². The molecule has 1 saturated carbocycles. The van der Waals surface area contributed by atoms with Crippen LogP contribution in [0.25, 0.3) is 0 Å². The van der Waals surface area contributed by atoms with Crippen molar-refractivity contribution in [1.29, 1.82) is 0 Å². The predicted octanol–water partition coefficient (Wildman–Crippen LogP) is 1.16. The molecular weight excluding hydrogens is 178 g/mol. The van der Waals surface area contributed by atoms with Gasteiger partial charge in [-0.1, -0.05) is 13.3 Å². The smallest absolute Gasteiger partial charge is 0.0590 e.